The number of benzene rings is 1. The molecule has 1 heterocycles. The molecule has 0 aliphatic heterocycles. The number of ketones is 1. The Morgan fingerprint density at radius 3 is 2.60 bits per heavy atom. The standard InChI is InChI=1S/C18H16BrNO4S/c1-9(21)20-17-13(18(23)24)12-8-11(7-10-5-3-2-4-6-10)14(19)15(22)16(12)25-17/h2-6,11,14H,7-8H2,1H3,(H,20,21)(H,23,24). The van der Waals surface area contributed by atoms with Crippen molar-refractivity contribution >= 4 is 49.9 Å². The fourth-order valence-electron chi connectivity index (χ4n) is 3.13. The van der Waals surface area contributed by atoms with Crippen molar-refractivity contribution in [3.63, 3.8) is 0 Å². The number of carbonyl (C=O) groups excluding carboxylic acids is 2. The number of aromatic carboxylic acids is 1. The fraction of sp³-hybridized carbons (Fsp3) is 0.278. The number of carboxylic acid groups (broad SMARTS) is 1. The van der Waals surface area contributed by atoms with Gasteiger partial charge in [-0.15, -0.1) is 11.3 Å². The van der Waals surface area contributed by atoms with Crippen molar-refractivity contribution in [2.24, 2.45) is 5.92 Å². The molecule has 0 radical (unpaired) electrons. The lowest BCUT2D eigenvalue weighted by Crippen LogP contribution is -2.33. The van der Waals surface area contributed by atoms with E-state index in [1.54, 1.807) is 0 Å². The van der Waals surface area contributed by atoms with E-state index in [1.807, 2.05) is 30.3 Å². The number of amides is 1. The number of thiophene rings is 1. The first kappa shape index (κ1) is 17.8. The number of rotatable bonds is 4. The molecule has 1 aromatic heterocycles. The summed E-state index contributed by atoms with van der Waals surface area (Å²) in [6.07, 6.45) is 1.15. The first-order chi connectivity index (χ1) is 11.9. The summed E-state index contributed by atoms with van der Waals surface area (Å²) in [5.74, 6) is -1.64. The van der Waals surface area contributed by atoms with Crippen LogP contribution in [0.2, 0.25) is 0 Å². The molecule has 0 saturated heterocycles. The van der Waals surface area contributed by atoms with Gasteiger partial charge in [0.2, 0.25) is 5.91 Å². The number of halogens is 1. The third-order valence-electron chi connectivity index (χ3n) is 4.21. The van der Waals surface area contributed by atoms with E-state index in [0.29, 0.717) is 23.3 Å². The topological polar surface area (TPSA) is 83.5 Å². The second-order valence-corrected chi connectivity index (χ2v) is 8.03. The molecule has 0 bridgehead atoms. The number of anilines is 1. The number of hydrogen-bond donors (Lipinski definition) is 2. The second kappa shape index (κ2) is 7.09. The fourth-order valence-corrected chi connectivity index (χ4v) is 5.13. The molecule has 2 N–H and O–H groups in total. The van der Waals surface area contributed by atoms with Crippen LogP contribution in [0.4, 0.5) is 5.00 Å². The van der Waals surface area contributed by atoms with Gasteiger partial charge >= 0.3 is 5.97 Å². The van der Waals surface area contributed by atoms with Crippen LogP contribution in [0, 0.1) is 5.92 Å². The van der Waals surface area contributed by atoms with Crippen molar-refractivity contribution < 1.29 is 19.5 Å². The van der Waals surface area contributed by atoms with Crippen LogP contribution in [-0.4, -0.2) is 27.6 Å². The summed E-state index contributed by atoms with van der Waals surface area (Å²) < 4.78 is 0. The van der Waals surface area contributed by atoms with Crippen molar-refractivity contribution in [1.29, 1.82) is 0 Å². The lowest BCUT2D eigenvalue weighted by molar-refractivity contribution is -0.114. The SMILES string of the molecule is CC(=O)Nc1sc2c(c1C(=O)O)CC(Cc1ccccc1)C(Br)C2=O. The Hall–Kier alpha value is -1.99. The molecule has 0 spiro atoms. The van der Waals surface area contributed by atoms with Gasteiger partial charge in [0.05, 0.1) is 15.3 Å². The van der Waals surface area contributed by atoms with E-state index >= 15 is 0 Å². The van der Waals surface area contributed by atoms with Crippen molar-refractivity contribution in [2.45, 2.75) is 24.6 Å². The minimum Gasteiger partial charge on any atom is -0.478 e. The molecule has 1 aliphatic carbocycles. The smallest absolute Gasteiger partial charge is 0.339 e. The van der Waals surface area contributed by atoms with Crippen LogP contribution < -0.4 is 5.32 Å². The van der Waals surface area contributed by atoms with Gasteiger partial charge in [0.1, 0.15) is 5.00 Å². The molecule has 1 aromatic carbocycles. The Morgan fingerprint density at radius 2 is 2.00 bits per heavy atom. The molecule has 2 atom stereocenters. The molecule has 3 rings (SSSR count). The van der Waals surface area contributed by atoms with Crippen molar-refractivity contribution in [1.82, 2.24) is 0 Å². The summed E-state index contributed by atoms with van der Waals surface area (Å²) in [7, 11) is 0. The number of Topliss-reactive ketones (excluding diaryl/α,β-unsaturated/α-hetero) is 1. The van der Waals surface area contributed by atoms with Crippen LogP contribution in [0.3, 0.4) is 0 Å². The van der Waals surface area contributed by atoms with E-state index in [4.69, 9.17) is 0 Å². The number of fused-ring (bicyclic) bond motifs is 1. The minimum atomic E-state index is -1.12. The highest BCUT2D eigenvalue weighted by atomic mass is 79.9. The van der Waals surface area contributed by atoms with Crippen LogP contribution in [0.15, 0.2) is 30.3 Å². The van der Waals surface area contributed by atoms with Crippen LogP contribution in [0.1, 0.15) is 38.1 Å². The maximum absolute atomic E-state index is 12.7. The minimum absolute atomic E-state index is 0.0414. The highest BCUT2D eigenvalue weighted by Crippen LogP contribution is 2.42. The molecule has 25 heavy (non-hydrogen) atoms. The van der Waals surface area contributed by atoms with Gasteiger partial charge in [0, 0.05) is 6.92 Å². The monoisotopic (exact) mass is 421 g/mol. The van der Waals surface area contributed by atoms with Gasteiger partial charge in [-0.25, -0.2) is 4.79 Å². The molecule has 130 valence electrons. The van der Waals surface area contributed by atoms with Gasteiger partial charge in [-0.2, -0.15) is 0 Å². The molecule has 0 fully saturated rings. The van der Waals surface area contributed by atoms with Gasteiger partial charge in [-0.3, -0.25) is 9.59 Å². The average molecular weight is 422 g/mol. The quantitative estimate of drug-likeness (QED) is 0.735. The van der Waals surface area contributed by atoms with Crippen LogP contribution in [0.25, 0.3) is 0 Å². The van der Waals surface area contributed by atoms with Gasteiger partial charge in [-0.05, 0) is 29.9 Å². The highest BCUT2D eigenvalue weighted by Gasteiger charge is 2.39. The number of alkyl halides is 1. The lowest BCUT2D eigenvalue weighted by atomic mass is 9.82. The van der Waals surface area contributed by atoms with Crippen molar-refractivity contribution in [2.75, 3.05) is 5.32 Å². The zero-order chi connectivity index (χ0) is 18.1. The van der Waals surface area contributed by atoms with E-state index < -0.39 is 5.97 Å². The Balaban J connectivity index is 1.99. The number of hydrogen-bond acceptors (Lipinski definition) is 4. The molecule has 1 amide bonds. The maximum atomic E-state index is 12.7. The Kier molecular flexibility index (Phi) is 5.06. The van der Waals surface area contributed by atoms with Crippen LogP contribution in [0.5, 0.6) is 0 Å². The largest absolute Gasteiger partial charge is 0.478 e. The zero-order valence-corrected chi connectivity index (χ0v) is 15.8. The van der Waals surface area contributed by atoms with E-state index in [0.717, 1.165) is 16.9 Å². The number of carbonyl (C=O) groups is 3. The van der Waals surface area contributed by atoms with E-state index in [9.17, 15) is 19.5 Å². The summed E-state index contributed by atoms with van der Waals surface area (Å²) in [5, 5.41) is 12.4. The van der Waals surface area contributed by atoms with Gasteiger partial charge in [0.15, 0.2) is 5.78 Å². The summed E-state index contributed by atoms with van der Waals surface area (Å²) >= 11 is 4.54. The first-order valence-electron chi connectivity index (χ1n) is 7.77. The highest BCUT2D eigenvalue weighted by molar-refractivity contribution is 9.10. The Labute approximate surface area is 157 Å². The van der Waals surface area contributed by atoms with Gasteiger partial charge in [-0.1, -0.05) is 46.3 Å². The molecule has 5 nitrogen and oxygen atoms in total. The predicted molar refractivity (Wildman–Crippen MR) is 100.0 cm³/mol. The molecule has 2 unspecified atom stereocenters. The average Bonchev–Trinajstić information content (AvgIpc) is 2.91. The van der Waals surface area contributed by atoms with Crippen LogP contribution in [-0.2, 0) is 17.6 Å². The van der Waals surface area contributed by atoms with Gasteiger partial charge < -0.3 is 10.4 Å². The van der Waals surface area contributed by atoms with E-state index in [-0.39, 0.29) is 33.0 Å². The summed E-state index contributed by atoms with van der Waals surface area (Å²) in [6, 6.07) is 9.80. The zero-order valence-electron chi connectivity index (χ0n) is 13.4. The molecule has 0 saturated carbocycles. The molecule has 2 aromatic rings. The predicted octanol–water partition coefficient (Wildman–Crippen LogP) is 3.77. The maximum Gasteiger partial charge on any atom is 0.339 e. The third-order valence-corrected chi connectivity index (χ3v) is 6.53. The molecule has 7 heteroatoms. The number of nitrogens with one attached hydrogen (secondary N) is 1. The summed E-state index contributed by atoms with van der Waals surface area (Å²) in [4.78, 5) is 35.9. The van der Waals surface area contributed by atoms with Crippen molar-refractivity contribution in [3.05, 3.63) is 51.9 Å². The normalized spacial score (nSPS) is 19.4. The third kappa shape index (κ3) is 3.52. The Bertz CT molecular complexity index is 846. The number of carboxylic acids is 1. The van der Waals surface area contributed by atoms with E-state index in [1.165, 1.54) is 6.92 Å². The van der Waals surface area contributed by atoms with Gasteiger partial charge in [0.25, 0.3) is 0 Å². The Morgan fingerprint density at radius 1 is 1.32 bits per heavy atom. The van der Waals surface area contributed by atoms with Crippen molar-refractivity contribution in [3.8, 4) is 0 Å². The lowest BCUT2D eigenvalue weighted by Gasteiger charge is -2.26. The summed E-state index contributed by atoms with van der Waals surface area (Å²) in [6.45, 7) is 1.32. The molecular weight excluding hydrogens is 406 g/mol. The second-order valence-electron chi connectivity index (χ2n) is 6.02. The molecule has 1 aliphatic rings. The molecular formula is C18H16BrNO4S. The van der Waals surface area contributed by atoms with Crippen LogP contribution >= 0.6 is 27.3 Å². The summed E-state index contributed by atoms with van der Waals surface area (Å²) in [5.41, 5.74) is 1.67. The van der Waals surface area contributed by atoms with E-state index in [2.05, 4.69) is 21.2 Å². The first-order valence-corrected chi connectivity index (χ1v) is 9.50.